The fourth-order valence-electron chi connectivity index (χ4n) is 2.17. The second kappa shape index (κ2) is 6.25. The minimum Gasteiger partial charge on any atom is -0.468 e. The summed E-state index contributed by atoms with van der Waals surface area (Å²) < 4.78 is 7.43. The number of benzene rings is 1. The molecule has 0 fully saturated rings. The first-order chi connectivity index (χ1) is 10.1. The number of hydrogen-bond acceptors (Lipinski definition) is 4. The Morgan fingerprint density at radius 2 is 1.81 bits per heavy atom. The molecule has 1 heterocycles. The third-order valence-electron chi connectivity index (χ3n) is 3.20. The largest absolute Gasteiger partial charge is 0.468 e. The van der Waals surface area contributed by atoms with E-state index in [1.165, 1.54) is 11.7 Å². The standard InChI is InChI=1S/C14H17N3O4/c1-3-16-10-6-4-5-7-11(10)17(14(16)20)9-12(18)15-8-13(19)21-2/h4-7H,3,8-9H2,1-2H3,(H,15,18). The number of aromatic nitrogens is 2. The van der Waals surface area contributed by atoms with Gasteiger partial charge in [-0.2, -0.15) is 0 Å². The molecule has 0 aliphatic rings. The number of carbonyl (C=O) groups excluding carboxylic acids is 2. The van der Waals surface area contributed by atoms with Crippen LogP contribution in [0.2, 0.25) is 0 Å². The van der Waals surface area contributed by atoms with E-state index in [9.17, 15) is 14.4 Å². The Bertz CT molecular complexity index is 729. The summed E-state index contributed by atoms with van der Waals surface area (Å²) in [4.78, 5) is 35.1. The molecule has 0 atom stereocenters. The second-order valence-corrected chi connectivity index (χ2v) is 4.45. The molecule has 112 valence electrons. The van der Waals surface area contributed by atoms with Crippen molar-refractivity contribution in [2.45, 2.75) is 20.0 Å². The number of carbonyl (C=O) groups is 2. The van der Waals surface area contributed by atoms with E-state index in [-0.39, 0.29) is 18.8 Å². The van der Waals surface area contributed by atoms with Crippen LogP contribution in [0.1, 0.15) is 6.92 Å². The molecule has 0 saturated heterocycles. The Hall–Kier alpha value is -2.57. The van der Waals surface area contributed by atoms with Crippen LogP contribution in [-0.4, -0.2) is 34.7 Å². The van der Waals surface area contributed by atoms with Crippen LogP contribution in [-0.2, 0) is 27.4 Å². The van der Waals surface area contributed by atoms with Gasteiger partial charge in [0, 0.05) is 6.54 Å². The zero-order valence-corrected chi connectivity index (χ0v) is 12.0. The van der Waals surface area contributed by atoms with Gasteiger partial charge < -0.3 is 10.1 Å². The van der Waals surface area contributed by atoms with Gasteiger partial charge in [-0.3, -0.25) is 18.7 Å². The van der Waals surface area contributed by atoms with E-state index in [1.54, 1.807) is 10.6 Å². The van der Waals surface area contributed by atoms with Crippen molar-refractivity contribution in [1.82, 2.24) is 14.5 Å². The van der Waals surface area contributed by atoms with Crippen molar-refractivity contribution in [2.75, 3.05) is 13.7 Å². The Balaban J connectivity index is 2.26. The van der Waals surface area contributed by atoms with E-state index in [2.05, 4.69) is 10.1 Å². The average molecular weight is 291 g/mol. The number of amides is 1. The van der Waals surface area contributed by atoms with Gasteiger partial charge >= 0.3 is 11.7 Å². The number of para-hydroxylation sites is 2. The van der Waals surface area contributed by atoms with E-state index >= 15 is 0 Å². The van der Waals surface area contributed by atoms with Crippen LogP contribution in [0.3, 0.4) is 0 Å². The first-order valence-electron chi connectivity index (χ1n) is 6.60. The Morgan fingerprint density at radius 3 is 2.38 bits per heavy atom. The molecule has 0 spiro atoms. The maximum absolute atomic E-state index is 12.3. The fourth-order valence-corrected chi connectivity index (χ4v) is 2.17. The average Bonchev–Trinajstić information content (AvgIpc) is 2.77. The smallest absolute Gasteiger partial charge is 0.329 e. The van der Waals surface area contributed by atoms with Crippen molar-refractivity contribution >= 4 is 22.9 Å². The molecule has 7 nitrogen and oxygen atoms in total. The van der Waals surface area contributed by atoms with Crippen LogP contribution in [0.25, 0.3) is 11.0 Å². The normalized spacial score (nSPS) is 10.6. The highest BCUT2D eigenvalue weighted by Gasteiger charge is 2.14. The van der Waals surface area contributed by atoms with Crippen LogP contribution in [0.15, 0.2) is 29.1 Å². The van der Waals surface area contributed by atoms with Crippen molar-refractivity contribution in [3.05, 3.63) is 34.7 Å². The number of nitrogens with zero attached hydrogens (tertiary/aromatic N) is 2. The molecule has 7 heteroatoms. The van der Waals surface area contributed by atoms with Crippen molar-refractivity contribution in [2.24, 2.45) is 0 Å². The van der Waals surface area contributed by atoms with Gasteiger partial charge in [0.15, 0.2) is 0 Å². The molecule has 1 aromatic heterocycles. The van der Waals surface area contributed by atoms with E-state index < -0.39 is 11.9 Å². The van der Waals surface area contributed by atoms with Crippen LogP contribution in [0.5, 0.6) is 0 Å². The zero-order valence-electron chi connectivity index (χ0n) is 12.0. The van der Waals surface area contributed by atoms with Gasteiger partial charge in [0.1, 0.15) is 13.1 Å². The maximum atomic E-state index is 12.3. The van der Waals surface area contributed by atoms with Gasteiger partial charge in [-0.15, -0.1) is 0 Å². The lowest BCUT2D eigenvalue weighted by Crippen LogP contribution is -2.35. The first kappa shape index (κ1) is 14.8. The van der Waals surface area contributed by atoms with Crippen LogP contribution in [0, 0.1) is 0 Å². The summed E-state index contributed by atoms with van der Waals surface area (Å²) in [6.45, 7) is 2.05. The predicted molar refractivity (Wildman–Crippen MR) is 76.9 cm³/mol. The molecule has 2 aromatic rings. The number of aryl methyl sites for hydroxylation is 1. The summed E-state index contributed by atoms with van der Waals surface area (Å²) in [6.07, 6.45) is 0. The number of imidazole rings is 1. The minimum absolute atomic E-state index is 0.136. The molecular formula is C14H17N3O4. The third kappa shape index (κ3) is 2.96. The number of methoxy groups -OCH3 is 1. The van der Waals surface area contributed by atoms with Crippen LogP contribution in [0.4, 0.5) is 0 Å². The van der Waals surface area contributed by atoms with Crippen molar-refractivity contribution in [3.63, 3.8) is 0 Å². The molecule has 1 amide bonds. The van der Waals surface area contributed by atoms with Gasteiger partial charge in [-0.25, -0.2) is 4.79 Å². The quantitative estimate of drug-likeness (QED) is 0.793. The summed E-state index contributed by atoms with van der Waals surface area (Å²) in [6, 6.07) is 7.28. The Morgan fingerprint density at radius 1 is 1.19 bits per heavy atom. The molecule has 0 unspecified atom stereocenters. The third-order valence-corrected chi connectivity index (χ3v) is 3.20. The monoisotopic (exact) mass is 291 g/mol. The molecule has 21 heavy (non-hydrogen) atoms. The van der Waals surface area contributed by atoms with E-state index in [0.717, 1.165) is 5.52 Å². The summed E-state index contributed by atoms with van der Waals surface area (Å²) >= 11 is 0. The maximum Gasteiger partial charge on any atom is 0.329 e. The fraction of sp³-hybridized carbons (Fsp3) is 0.357. The van der Waals surface area contributed by atoms with Gasteiger partial charge in [0.2, 0.25) is 5.91 Å². The highest BCUT2D eigenvalue weighted by atomic mass is 16.5. The minimum atomic E-state index is -0.535. The van der Waals surface area contributed by atoms with Crippen molar-refractivity contribution in [3.8, 4) is 0 Å². The number of hydrogen-bond donors (Lipinski definition) is 1. The molecule has 0 radical (unpaired) electrons. The molecule has 0 bridgehead atoms. The van der Waals surface area contributed by atoms with Crippen molar-refractivity contribution in [1.29, 1.82) is 0 Å². The molecule has 0 aliphatic heterocycles. The van der Waals surface area contributed by atoms with Crippen LogP contribution >= 0.6 is 0 Å². The van der Waals surface area contributed by atoms with Gasteiger partial charge in [-0.05, 0) is 19.1 Å². The molecule has 0 saturated carbocycles. The van der Waals surface area contributed by atoms with E-state index in [1.807, 2.05) is 25.1 Å². The van der Waals surface area contributed by atoms with Gasteiger partial charge in [0.05, 0.1) is 18.1 Å². The molecule has 1 N–H and O–H groups in total. The molecule has 0 aliphatic carbocycles. The van der Waals surface area contributed by atoms with Gasteiger partial charge in [0.25, 0.3) is 0 Å². The highest BCUT2D eigenvalue weighted by molar-refractivity contribution is 5.83. The lowest BCUT2D eigenvalue weighted by atomic mass is 10.3. The van der Waals surface area contributed by atoms with E-state index in [4.69, 9.17) is 0 Å². The second-order valence-electron chi connectivity index (χ2n) is 4.45. The lowest BCUT2D eigenvalue weighted by Gasteiger charge is -2.05. The van der Waals surface area contributed by atoms with Gasteiger partial charge in [-0.1, -0.05) is 12.1 Å². The summed E-state index contributed by atoms with van der Waals surface area (Å²) in [7, 11) is 1.24. The lowest BCUT2D eigenvalue weighted by molar-refractivity contribution is -0.141. The van der Waals surface area contributed by atoms with E-state index in [0.29, 0.717) is 12.1 Å². The van der Waals surface area contributed by atoms with Crippen LogP contribution < -0.4 is 11.0 Å². The SMILES string of the molecule is CCn1c(=O)n(CC(=O)NCC(=O)OC)c2ccccc21. The first-order valence-corrected chi connectivity index (χ1v) is 6.60. The van der Waals surface area contributed by atoms with Crippen molar-refractivity contribution < 1.29 is 14.3 Å². The Labute approximate surface area is 121 Å². The number of nitrogens with one attached hydrogen (secondary N) is 1. The zero-order chi connectivity index (χ0) is 15.4. The summed E-state index contributed by atoms with van der Waals surface area (Å²) in [5.41, 5.74) is 1.23. The molecular weight excluding hydrogens is 274 g/mol. The number of esters is 1. The molecule has 1 aromatic carbocycles. The topological polar surface area (TPSA) is 82.3 Å². The predicted octanol–water partition coefficient (Wildman–Crippen LogP) is 0.112. The molecule has 2 rings (SSSR count). The highest BCUT2D eigenvalue weighted by Crippen LogP contribution is 2.12. The number of fused-ring (bicyclic) bond motifs is 1. The summed E-state index contributed by atoms with van der Waals surface area (Å²) in [5.74, 6) is -0.951. The summed E-state index contributed by atoms with van der Waals surface area (Å²) in [5, 5.41) is 2.42. The number of rotatable bonds is 5. The Kier molecular flexibility index (Phi) is 4.42. The number of ether oxygens (including phenoxy) is 1.